The van der Waals surface area contributed by atoms with Crippen molar-refractivity contribution in [2.45, 2.75) is 13.8 Å². The predicted molar refractivity (Wildman–Crippen MR) is 69.0 cm³/mol. The molecule has 0 aliphatic heterocycles. The van der Waals surface area contributed by atoms with Crippen LogP contribution >= 0.6 is 0 Å². The van der Waals surface area contributed by atoms with Crippen molar-refractivity contribution in [3.05, 3.63) is 28.3 Å². The van der Waals surface area contributed by atoms with E-state index in [9.17, 15) is 10.1 Å². The van der Waals surface area contributed by atoms with E-state index in [4.69, 9.17) is 9.84 Å². The predicted octanol–water partition coefficient (Wildman–Crippen LogP) is 2.03. The molecule has 0 radical (unpaired) electrons. The molecule has 1 rings (SSSR count). The first kappa shape index (κ1) is 14.2. The van der Waals surface area contributed by atoms with Crippen molar-refractivity contribution in [1.29, 1.82) is 0 Å². The SMILES string of the molecule is CCOc1cc(NCC(C)CO)ccc1[N+](=O)[O-]. The highest BCUT2D eigenvalue weighted by Crippen LogP contribution is 2.30. The van der Waals surface area contributed by atoms with E-state index in [1.54, 1.807) is 19.1 Å². The molecule has 0 saturated carbocycles. The molecule has 6 heteroatoms. The molecule has 6 nitrogen and oxygen atoms in total. The van der Waals surface area contributed by atoms with Crippen LogP contribution in [0.4, 0.5) is 11.4 Å². The number of nitro groups is 1. The maximum absolute atomic E-state index is 10.8. The Morgan fingerprint density at radius 3 is 2.83 bits per heavy atom. The average Bonchev–Trinajstić information content (AvgIpc) is 2.36. The minimum atomic E-state index is -0.467. The lowest BCUT2D eigenvalue weighted by Gasteiger charge is -2.12. The highest BCUT2D eigenvalue weighted by Gasteiger charge is 2.15. The largest absolute Gasteiger partial charge is 0.487 e. The molecule has 0 aromatic heterocycles. The van der Waals surface area contributed by atoms with E-state index < -0.39 is 4.92 Å². The minimum absolute atomic E-state index is 0.0439. The van der Waals surface area contributed by atoms with Crippen molar-refractivity contribution in [2.75, 3.05) is 25.1 Å². The number of hydrogen-bond acceptors (Lipinski definition) is 5. The summed E-state index contributed by atoms with van der Waals surface area (Å²) in [6.45, 7) is 4.75. The third-order valence-electron chi connectivity index (χ3n) is 2.42. The number of anilines is 1. The van der Waals surface area contributed by atoms with Crippen LogP contribution in [0.2, 0.25) is 0 Å². The van der Waals surface area contributed by atoms with Crippen LogP contribution < -0.4 is 10.1 Å². The number of rotatable bonds is 7. The molecular weight excluding hydrogens is 236 g/mol. The van der Waals surface area contributed by atoms with Crippen molar-refractivity contribution < 1.29 is 14.8 Å². The van der Waals surface area contributed by atoms with Gasteiger partial charge in [-0.3, -0.25) is 10.1 Å². The molecule has 0 aliphatic rings. The molecule has 2 N–H and O–H groups in total. The van der Waals surface area contributed by atoms with E-state index in [0.717, 1.165) is 5.69 Å². The zero-order valence-electron chi connectivity index (χ0n) is 10.5. The Bertz CT molecular complexity index is 409. The normalized spacial score (nSPS) is 11.9. The Kier molecular flexibility index (Phi) is 5.38. The number of ether oxygens (including phenoxy) is 1. The maximum Gasteiger partial charge on any atom is 0.311 e. The number of hydrogen-bond donors (Lipinski definition) is 2. The van der Waals surface area contributed by atoms with Crippen LogP contribution in [-0.2, 0) is 0 Å². The highest BCUT2D eigenvalue weighted by atomic mass is 16.6. The quantitative estimate of drug-likeness (QED) is 0.574. The van der Waals surface area contributed by atoms with Gasteiger partial charge < -0.3 is 15.2 Å². The second-order valence-corrected chi connectivity index (χ2v) is 4.04. The third-order valence-corrected chi connectivity index (χ3v) is 2.42. The molecule has 0 saturated heterocycles. The van der Waals surface area contributed by atoms with Gasteiger partial charge in [0.05, 0.1) is 11.5 Å². The lowest BCUT2D eigenvalue weighted by Crippen LogP contribution is -2.14. The van der Waals surface area contributed by atoms with Crippen molar-refractivity contribution in [2.24, 2.45) is 5.92 Å². The minimum Gasteiger partial charge on any atom is -0.487 e. The third kappa shape index (κ3) is 3.89. The summed E-state index contributed by atoms with van der Waals surface area (Å²) in [5.74, 6) is 0.375. The van der Waals surface area contributed by atoms with E-state index in [2.05, 4.69) is 5.32 Å². The smallest absolute Gasteiger partial charge is 0.311 e. The van der Waals surface area contributed by atoms with E-state index in [1.807, 2.05) is 6.92 Å². The van der Waals surface area contributed by atoms with Gasteiger partial charge in [-0.2, -0.15) is 0 Å². The molecule has 18 heavy (non-hydrogen) atoms. The highest BCUT2D eigenvalue weighted by molar-refractivity contribution is 5.58. The van der Waals surface area contributed by atoms with Gasteiger partial charge in [-0.25, -0.2) is 0 Å². The lowest BCUT2D eigenvalue weighted by molar-refractivity contribution is -0.385. The van der Waals surface area contributed by atoms with E-state index >= 15 is 0 Å². The number of aliphatic hydroxyl groups excluding tert-OH is 1. The molecular formula is C12H18N2O4. The summed E-state index contributed by atoms with van der Waals surface area (Å²) in [7, 11) is 0. The molecule has 1 atom stereocenters. The number of nitrogens with one attached hydrogen (secondary N) is 1. The summed E-state index contributed by atoms with van der Waals surface area (Å²) in [6, 6.07) is 4.65. The Morgan fingerprint density at radius 2 is 2.28 bits per heavy atom. The molecule has 0 amide bonds. The van der Waals surface area contributed by atoms with Gasteiger partial charge in [0.2, 0.25) is 0 Å². The molecule has 1 aromatic carbocycles. The summed E-state index contributed by atoms with van der Waals surface area (Å²) in [5, 5.41) is 22.8. The monoisotopic (exact) mass is 254 g/mol. The first-order chi connectivity index (χ1) is 8.58. The zero-order chi connectivity index (χ0) is 13.5. The first-order valence-corrected chi connectivity index (χ1v) is 5.84. The van der Waals surface area contributed by atoms with Crippen LogP contribution in [0, 0.1) is 16.0 Å². The fourth-order valence-electron chi connectivity index (χ4n) is 1.40. The van der Waals surface area contributed by atoms with Crippen LogP contribution in [0.15, 0.2) is 18.2 Å². The second-order valence-electron chi connectivity index (χ2n) is 4.04. The molecule has 1 aromatic rings. The van der Waals surface area contributed by atoms with Crippen LogP contribution in [0.3, 0.4) is 0 Å². The molecule has 0 bridgehead atoms. The number of nitrogens with zero attached hydrogens (tertiary/aromatic N) is 1. The lowest BCUT2D eigenvalue weighted by atomic mass is 10.2. The van der Waals surface area contributed by atoms with Gasteiger partial charge in [-0.1, -0.05) is 6.92 Å². The van der Waals surface area contributed by atoms with Gasteiger partial charge in [0.25, 0.3) is 0 Å². The van der Waals surface area contributed by atoms with Crippen molar-refractivity contribution in [1.82, 2.24) is 0 Å². The van der Waals surface area contributed by atoms with Crippen molar-refractivity contribution in [3.63, 3.8) is 0 Å². The Morgan fingerprint density at radius 1 is 1.56 bits per heavy atom. The Labute approximate surface area is 106 Å². The first-order valence-electron chi connectivity index (χ1n) is 5.84. The van der Waals surface area contributed by atoms with Gasteiger partial charge in [-0.15, -0.1) is 0 Å². The summed E-state index contributed by atoms with van der Waals surface area (Å²) in [5.41, 5.74) is 0.696. The summed E-state index contributed by atoms with van der Waals surface area (Å²) < 4.78 is 5.24. The molecule has 0 aliphatic carbocycles. The molecule has 0 fully saturated rings. The van der Waals surface area contributed by atoms with E-state index in [-0.39, 0.29) is 24.0 Å². The average molecular weight is 254 g/mol. The fourth-order valence-corrected chi connectivity index (χ4v) is 1.40. The van der Waals surface area contributed by atoms with Gasteiger partial charge in [0.15, 0.2) is 5.75 Å². The van der Waals surface area contributed by atoms with Crippen LogP contribution in [0.5, 0.6) is 5.75 Å². The van der Waals surface area contributed by atoms with Gasteiger partial charge in [0.1, 0.15) is 0 Å². The number of nitro benzene ring substituents is 1. The maximum atomic E-state index is 10.8. The van der Waals surface area contributed by atoms with Gasteiger partial charge in [-0.05, 0) is 18.9 Å². The molecule has 0 heterocycles. The molecule has 100 valence electrons. The standard InChI is InChI=1S/C12H18N2O4/c1-3-18-12-6-10(13-7-9(2)8-15)4-5-11(12)14(16)17/h4-6,9,13,15H,3,7-8H2,1-2H3. The zero-order valence-corrected chi connectivity index (χ0v) is 10.5. The van der Waals surface area contributed by atoms with Gasteiger partial charge >= 0.3 is 5.69 Å². The van der Waals surface area contributed by atoms with E-state index in [1.165, 1.54) is 6.07 Å². The summed E-state index contributed by atoms with van der Waals surface area (Å²) in [6.07, 6.45) is 0. The summed E-state index contributed by atoms with van der Waals surface area (Å²) >= 11 is 0. The van der Waals surface area contributed by atoms with Crippen LogP contribution in [0.1, 0.15) is 13.8 Å². The Hall–Kier alpha value is -1.82. The summed E-state index contributed by atoms with van der Waals surface area (Å²) in [4.78, 5) is 10.3. The molecule has 0 spiro atoms. The van der Waals surface area contributed by atoms with Crippen LogP contribution in [-0.4, -0.2) is 29.8 Å². The van der Waals surface area contributed by atoms with E-state index in [0.29, 0.717) is 13.2 Å². The second kappa shape index (κ2) is 6.80. The fraction of sp³-hybridized carbons (Fsp3) is 0.500. The van der Waals surface area contributed by atoms with Gasteiger partial charge in [0, 0.05) is 31.0 Å². The van der Waals surface area contributed by atoms with Crippen molar-refractivity contribution in [3.8, 4) is 5.75 Å². The Balaban J connectivity index is 2.82. The number of aliphatic hydroxyl groups is 1. The van der Waals surface area contributed by atoms with Crippen molar-refractivity contribution >= 4 is 11.4 Å². The number of benzene rings is 1. The topological polar surface area (TPSA) is 84.6 Å². The van der Waals surface area contributed by atoms with Crippen LogP contribution in [0.25, 0.3) is 0 Å². The molecule has 1 unspecified atom stereocenters.